The first-order valence-electron chi connectivity index (χ1n) is 7.78. The maximum absolute atomic E-state index is 11.9. The number of rotatable bonds is 7. The van der Waals surface area contributed by atoms with Gasteiger partial charge < -0.3 is 14.2 Å². The molecule has 0 aliphatic carbocycles. The van der Waals surface area contributed by atoms with Crippen molar-refractivity contribution in [3.8, 4) is 17.2 Å². The second-order valence-electron chi connectivity index (χ2n) is 5.19. The van der Waals surface area contributed by atoms with E-state index >= 15 is 0 Å². The molecule has 0 radical (unpaired) electrons. The zero-order valence-corrected chi connectivity index (χ0v) is 13.2. The van der Waals surface area contributed by atoms with Gasteiger partial charge >= 0.3 is 0 Å². The first kappa shape index (κ1) is 16.1. The van der Waals surface area contributed by atoms with Gasteiger partial charge in [-0.2, -0.15) is 0 Å². The van der Waals surface area contributed by atoms with Crippen molar-refractivity contribution in [2.45, 2.75) is 6.42 Å². The highest BCUT2D eigenvalue weighted by molar-refractivity contribution is 5.77. The van der Waals surface area contributed by atoms with E-state index in [0.717, 1.165) is 11.3 Å². The van der Waals surface area contributed by atoms with Crippen molar-refractivity contribution in [2.75, 3.05) is 26.4 Å². The third kappa shape index (κ3) is 4.63. The number of hydrogen-bond acceptors (Lipinski definition) is 5. The summed E-state index contributed by atoms with van der Waals surface area (Å²) in [5, 5.41) is 0. The van der Waals surface area contributed by atoms with E-state index in [1.807, 2.05) is 48.5 Å². The summed E-state index contributed by atoms with van der Waals surface area (Å²) in [4.78, 5) is 17.0. The number of para-hydroxylation sites is 1. The molecule has 0 saturated heterocycles. The molecule has 2 aromatic rings. The fourth-order valence-corrected chi connectivity index (χ4v) is 2.27. The summed E-state index contributed by atoms with van der Waals surface area (Å²) in [6.45, 7) is 1.69. The summed E-state index contributed by atoms with van der Waals surface area (Å²) < 4.78 is 16.4. The fourth-order valence-electron chi connectivity index (χ4n) is 2.27. The summed E-state index contributed by atoms with van der Waals surface area (Å²) in [6, 6.07) is 14.9. The molecule has 1 aliphatic heterocycles. The SMILES string of the molecule is O=C(Cc1ccc2c(c1)OCCO2)NOCCOc1ccccc1. The van der Waals surface area contributed by atoms with Gasteiger partial charge in [0.2, 0.25) is 5.91 Å². The third-order valence-electron chi connectivity index (χ3n) is 3.35. The van der Waals surface area contributed by atoms with E-state index in [4.69, 9.17) is 19.0 Å². The molecule has 0 aromatic heterocycles. The number of hydrogen-bond donors (Lipinski definition) is 1. The largest absolute Gasteiger partial charge is 0.491 e. The molecule has 126 valence electrons. The van der Waals surface area contributed by atoms with E-state index < -0.39 is 0 Å². The van der Waals surface area contributed by atoms with Crippen molar-refractivity contribution >= 4 is 5.91 Å². The zero-order chi connectivity index (χ0) is 16.6. The number of benzene rings is 2. The van der Waals surface area contributed by atoms with Gasteiger partial charge in [-0.1, -0.05) is 24.3 Å². The molecule has 3 rings (SSSR count). The Kier molecular flexibility index (Phi) is 5.52. The number of hydroxylamine groups is 1. The van der Waals surface area contributed by atoms with Crippen LogP contribution in [0, 0.1) is 0 Å². The molecule has 0 atom stereocenters. The normalized spacial score (nSPS) is 12.5. The molecule has 0 saturated carbocycles. The highest BCUT2D eigenvalue weighted by Gasteiger charge is 2.13. The average molecular weight is 329 g/mol. The first-order chi connectivity index (χ1) is 11.8. The van der Waals surface area contributed by atoms with E-state index in [0.29, 0.717) is 31.3 Å². The van der Waals surface area contributed by atoms with Gasteiger partial charge in [-0.15, -0.1) is 0 Å². The lowest BCUT2D eigenvalue weighted by molar-refractivity contribution is -0.133. The molecule has 2 aromatic carbocycles. The van der Waals surface area contributed by atoms with E-state index in [-0.39, 0.29) is 18.9 Å². The zero-order valence-electron chi connectivity index (χ0n) is 13.2. The summed E-state index contributed by atoms with van der Waals surface area (Å²) in [5.74, 6) is 1.92. The topological polar surface area (TPSA) is 66.0 Å². The van der Waals surface area contributed by atoms with Crippen LogP contribution in [0.2, 0.25) is 0 Å². The van der Waals surface area contributed by atoms with Crippen molar-refractivity contribution in [2.24, 2.45) is 0 Å². The van der Waals surface area contributed by atoms with Gasteiger partial charge in [0.05, 0.1) is 6.42 Å². The van der Waals surface area contributed by atoms with Crippen LogP contribution in [-0.2, 0) is 16.1 Å². The van der Waals surface area contributed by atoms with E-state index in [2.05, 4.69) is 5.48 Å². The average Bonchev–Trinajstić information content (AvgIpc) is 2.62. The highest BCUT2D eigenvalue weighted by Crippen LogP contribution is 2.30. The molecular weight excluding hydrogens is 310 g/mol. The number of nitrogens with one attached hydrogen (secondary N) is 1. The van der Waals surface area contributed by atoms with Crippen LogP contribution in [0.25, 0.3) is 0 Å². The van der Waals surface area contributed by atoms with Crippen LogP contribution in [0.4, 0.5) is 0 Å². The van der Waals surface area contributed by atoms with Gasteiger partial charge in [0.25, 0.3) is 0 Å². The molecule has 6 nitrogen and oxygen atoms in total. The van der Waals surface area contributed by atoms with Gasteiger partial charge in [0.1, 0.15) is 32.2 Å². The fraction of sp³-hybridized carbons (Fsp3) is 0.278. The lowest BCUT2D eigenvalue weighted by Crippen LogP contribution is -2.27. The Morgan fingerprint density at radius 2 is 1.79 bits per heavy atom. The van der Waals surface area contributed by atoms with Crippen LogP contribution < -0.4 is 19.7 Å². The Labute approximate surface area is 140 Å². The second kappa shape index (κ2) is 8.21. The van der Waals surface area contributed by atoms with Crippen molar-refractivity contribution < 1.29 is 23.8 Å². The Morgan fingerprint density at radius 1 is 1.00 bits per heavy atom. The van der Waals surface area contributed by atoms with Crippen molar-refractivity contribution in [3.05, 3.63) is 54.1 Å². The smallest absolute Gasteiger partial charge is 0.247 e. The number of amides is 1. The van der Waals surface area contributed by atoms with Gasteiger partial charge in [-0.05, 0) is 29.8 Å². The predicted octanol–water partition coefficient (Wildman–Crippen LogP) is 2.13. The summed E-state index contributed by atoms with van der Waals surface area (Å²) in [7, 11) is 0. The van der Waals surface area contributed by atoms with Crippen LogP contribution >= 0.6 is 0 Å². The Hall–Kier alpha value is -2.73. The number of carbonyl (C=O) groups is 1. The Balaban J connectivity index is 1.37. The highest BCUT2D eigenvalue weighted by atomic mass is 16.7. The molecule has 1 heterocycles. The minimum absolute atomic E-state index is 0.205. The van der Waals surface area contributed by atoms with E-state index in [1.54, 1.807) is 0 Å². The van der Waals surface area contributed by atoms with Crippen LogP contribution in [0.5, 0.6) is 17.2 Å². The van der Waals surface area contributed by atoms with Crippen molar-refractivity contribution in [1.29, 1.82) is 0 Å². The van der Waals surface area contributed by atoms with Gasteiger partial charge in [-0.25, -0.2) is 5.48 Å². The molecule has 0 unspecified atom stereocenters. The molecule has 0 spiro atoms. The molecule has 24 heavy (non-hydrogen) atoms. The minimum atomic E-state index is -0.230. The predicted molar refractivity (Wildman–Crippen MR) is 87.2 cm³/mol. The number of ether oxygens (including phenoxy) is 3. The molecule has 1 N–H and O–H groups in total. The lowest BCUT2D eigenvalue weighted by atomic mass is 10.1. The van der Waals surface area contributed by atoms with Gasteiger partial charge in [0, 0.05) is 0 Å². The van der Waals surface area contributed by atoms with Crippen LogP contribution in [-0.4, -0.2) is 32.3 Å². The number of carbonyl (C=O) groups excluding carboxylic acids is 1. The van der Waals surface area contributed by atoms with E-state index in [9.17, 15) is 4.79 Å². The maximum Gasteiger partial charge on any atom is 0.247 e. The van der Waals surface area contributed by atoms with Crippen molar-refractivity contribution in [3.63, 3.8) is 0 Å². The monoisotopic (exact) mass is 329 g/mol. The molecule has 1 amide bonds. The Morgan fingerprint density at radius 3 is 2.62 bits per heavy atom. The Bertz CT molecular complexity index is 674. The van der Waals surface area contributed by atoms with Crippen molar-refractivity contribution in [1.82, 2.24) is 5.48 Å². The summed E-state index contributed by atoms with van der Waals surface area (Å²) >= 11 is 0. The molecule has 1 aliphatic rings. The second-order valence-corrected chi connectivity index (χ2v) is 5.19. The molecular formula is C18H19NO5. The van der Waals surface area contributed by atoms with Crippen LogP contribution in [0.3, 0.4) is 0 Å². The maximum atomic E-state index is 11.9. The van der Waals surface area contributed by atoms with Crippen LogP contribution in [0.1, 0.15) is 5.56 Å². The quantitative estimate of drug-likeness (QED) is 0.623. The minimum Gasteiger partial charge on any atom is -0.491 e. The third-order valence-corrected chi connectivity index (χ3v) is 3.35. The summed E-state index contributed by atoms with van der Waals surface area (Å²) in [6.07, 6.45) is 0.205. The van der Waals surface area contributed by atoms with E-state index in [1.165, 1.54) is 0 Å². The van der Waals surface area contributed by atoms with Gasteiger partial charge in [0.15, 0.2) is 11.5 Å². The molecule has 0 bridgehead atoms. The van der Waals surface area contributed by atoms with Gasteiger partial charge in [-0.3, -0.25) is 9.63 Å². The molecule has 6 heteroatoms. The first-order valence-corrected chi connectivity index (χ1v) is 7.78. The summed E-state index contributed by atoms with van der Waals surface area (Å²) in [5.41, 5.74) is 3.24. The molecule has 0 fully saturated rings. The standard InChI is InChI=1S/C18H19NO5/c20-18(19-24-11-10-21-15-4-2-1-3-5-15)13-14-6-7-16-17(12-14)23-9-8-22-16/h1-7,12H,8-11,13H2,(H,19,20). The number of fused-ring (bicyclic) bond motifs is 1. The lowest BCUT2D eigenvalue weighted by Gasteiger charge is -2.18. The van der Waals surface area contributed by atoms with Crippen LogP contribution in [0.15, 0.2) is 48.5 Å².